The third-order valence-corrected chi connectivity index (χ3v) is 2.79. The fraction of sp³-hybridized carbons (Fsp3) is 0.923. The lowest BCUT2D eigenvalue weighted by atomic mass is 10.1. The van der Waals surface area contributed by atoms with Crippen LogP contribution in [0, 0.1) is 5.92 Å². The minimum Gasteiger partial charge on any atom is -0.459 e. The predicted octanol–water partition coefficient (Wildman–Crippen LogP) is 1.73. The van der Waals surface area contributed by atoms with E-state index in [-0.39, 0.29) is 12.0 Å². The third-order valence-electron chi connectivity index (χ3n) is 2.79. The molecule has 1 saturated heterocycles. The largest absolute Gasteiger partial charge is 0.459 e. The average molecular weight is 243 g/mol. The molecule has 0 bridgehead atoms. The molecule has 2 unspecified atom stereocenters. The monoisotopic (exact) mass is 243 g/mol. The quantitative estimate of drug-likeness (QED) is 0.747. The van der Waals surface area contributed by atoms with Crippen LogP contribution in [-0.2, 0) is 14.3 Å². The first-order valence-electron chi connectivity index (χ1n) is 6.42. The van der Waals surface area contributed by atoms with E-state index in [1.165, 1.54) is 0 Å². The molecule has 1 aliphatic heterocycles. The van der Waals surface area contributed by atoms with E-state index in [1.54, 1.807) is 0 Å². The van der Waals surface area contributed by atoms with Crippen LogP contribution >= 0.6 is 0 Å². The number of rotatable bonds is 5. The van der Waals surface area contributed by atoms with Crippen molar-refractivity contribution in [1.82, 2.24) is 5.32 Å². The first-order valence-corrected chi connectivity index (χ1v) is 6.42. The van der Waals surface area contributed by atoms with Gasteiger partial charge in [0.05, 0.1) is 0 Å². The maximum absolute atomic E-state index is 11.7. The smallest absolute Gasteiger partial charge is 0.323 e. The Morgan fingerprint density at radius 2 is 2.24 bits per heavy atom. The molecule has 0 spiro atoms. The van der Waals surface area contributed by atoms with Gasteiger partial charge in [-0.15, -0.1) is 0 Å². The minimum atomic E-state index is -0.410. The lowest BCUT2D eigenvalue weighted by Crippen LogP contribution is -2.40. The maximum atomic E-state index is 11.7. The van der Waals surface area contributed by atoms with E-state index in [1.807, 2.05) is 27.7 Å². The normalized spacial score (nSPS) is 22.5. The molecule has 4 heteroatoms. The molecule has 0 aromatic carbocycles. The second kappa shape index (κ2) is 6.36. The van der Waals surface area contributed by atoms with E-state index in [4.69, 9.17) is 9.47 Å². The zero-order valence-corrected chi connectivity index (χ0v) is 11.4. The molecule has 4 nitrogen and oxygen atoms in total. The van der Waals surface area contributed by atoms with Crippen molar-refractivity contribution in [3.63, 3.8) is 0 Å². The fourth-order valence-corrected chi connectivity index (χ4v) is 1.79. The first-order chi connectivity index (χ1) is 7.88. The van der Waals surface area contributed by atoms with Gasteiger partial charge in [-0.2, -0.15) is 0 Å². The summed E-state index contributed by atoms with van der Waals surface area (Å²) in [6.45, 7) is 10.1. The highest BCUT2D eigenvalue weighted by molar-refractivity contribution is 5.75. The number of hydrogen-bond acceptors (Lipinski definition) is 4. The van der Waals surface area contributed by atoms with Crippen molar-refractivity contribution in [2.75, 3.05) is 19.8 Å². The van der Waals surface area contributed by atoms with Crippen molar-refractivity contribution >= 4 is 5.97 Å². The molecule has 0 saturated carbocycles. The molecule has 17 heavy (non-hydrogen) atoms. The van der Waals surface area contributed by atoms with Crippen LogP contribution in [0.1, 0.15) is 40.5 Å². The summed E-state index contributed by atoms with van der Waals surface area (Å²) in [4.78, 5) is 11.7. The summed E-state index contributed by atoms with van der Waals surface area (Å²) in [5, 5.41) is 3.20. The summed E-state index contributed by atoms with van der Waals surface area (Å²) < 4.78 is 10.6. The van der Waals surface area contributed by atoms with Gasteiger partial charge >= 0.3 is 5.97 Å². The zero-order chi connectivity index (χ0) is 12.9. The predicted molar refractivity (Wildman–Crippen MR) is 66.9 cm³/mol. The Balaban J connectivity index is 2.15. The highest BCUT2D eigenvalue weighted by Crippen LogP contribution is 2.15. The first kappa shape index (κ1) is 14.5. The number of hydrogen-bond donors (Lipinski definition) is 1. The van der Waals surface area contributed by atoms with Crippen LogP contribution in [0.2, 0.25) is 0 Å². The summed E-state index contributed by atoms with van der Waals surface area (Å²) in [5.74, 6) is 0.466. The molecule has 1 N–H and O–H groups in total. The fourth-order valence-electron chi connectivity index (χ4n) is 1.79. The Morgan fingerprint density at radius 3 is 2.76 bits per heavy atom. The highest BCUT2D eigenvalue weighted by atomic mass is 16.6. The van der Waals surface area contributed by atoms with E-state index in [9.17, 15) is 4.79 Å². The summed E-state index contributed by atoms with van der Waals surface area (Å²) >= 11 is 0. The van der Waals surface area contributed by atoms with E-state index in [0.717, 1.165) is 32.6 Å². The topological polar surface area (TPSA) is 47.6 Å². The Morgan fingerprint density at radius 1 is 1.53 bits per heavy atom. The van der Waals surface area contributed by atoms with Crippen LogP contribution in [0.4, 0.5) is 0 Å². The van der Waals surface area contributed by atoms with E-state index in [0.29, 0.717) is 5.92 Å². The van der Waals surface area contributed by atoms with Gasteiger partial charge in [0.25, 0.3) is 0 Å². The standard InChI is InChI=1S/C13H25NO3/c1-10(12(15)17-13(2,3)4)14-7-5-11-6-8-16-9-11/h10-11,14H,5-9H2,1-4H3. The molecule has 1 rings (SSSR count). The Bertz CT molecular complexity index is 242. The van der Waals surface area contributed by atoms with Gasteiger partial charge in [0.2, 0.25) is 0 Å². The van der Waals surface area contributed by atoms with E-state index >= 15 is 0 Å². The van der Waals surface area contributed by atoms with Crippen LogP contribution in [-0.4, -0.2) is 37.4 Å². The van der Waals surface area contributed by atoms with Gasteiger partial charge < -0.3 is 14.8 Å². The molecule has 0 radical (unpaired) electrons. The molecular formula is C13H25NO3. The summed E-state index contributed by atoms with van der Waals surface area (Å²) in [7, 11) is 0. The summed E-state index contributed by atoms with van der Waals surface area (Å²) in [5.41, 5.74) is -0.410. The Kier molecular flexibility index (Phi) is 5.40. The van der Waals surface area contributed by atoms with Gasteiger partial charge in [0, 0.05) is 13.2 Å². The third kappa shape index (κ3) is 6.03. The molecule has 0 aromatic rings. The molecule has 1 fully saturated rings. The van der Waals surface area contributed by atoms with Gasteiger partial charge in [-0.25, -0.2) is 0 Å². The molecule has 0 amide bonds. The number of nitrogens with one attached hydrogen (secondary N) is 1. The van der Waals surface area contributed by atoms with Crippen LogP contribution in [0.25, 0.3) is 0 Å². The lowest BCUT2D eigenvalue weighted by molar-refractivity contribution is -0.156. The molecule has 0 aliphatic carbocycles. The molecule has 2 atom stereocenters. The van der Waals surface area contributed by atoms with Crippen molar-refractivity contribution in [2.24, 2.45) is 5.92 Å². The second-order valence-electron chi connectivity index (χ2n) is 5.73. The lowest BCUT2D eigenvalue weighted by Gasteiger charge is -2.23. The number of ether oxygens (including phenoxy) is 2. The maximum Gasteiger partial charge on any atom is 0.323 e. The SMILES string of the molecule is CC(NCCC1CCOC1)C(=O)OC(C)(C)C. The second-order valence-corrected chi connectivity index (χ2v) is 5.73. The Labute approximate surface area is 104 Å². The van der Waals surface area contributed by atoms with Crippen molar-refractivity contribution in [3.8, 4) is 0 Å². The van der Waals surface area contributed by atoms with Crippen molar-refractivity contribution in [1.29, 1.82) is 0 Å². The van der Waals surface area contributed by atoms with Crippen molar-refractivity contribution in [2.45, 2.75) is 52.2 Å². The minimum absolute atomic E-state index is 0.180. The van der Waals surface area contributed by atoms with Gasteiger partial charge in [-0.3, -0.25) is 4.79 Å². The van der Waals surface area contributed by atoms with Crippen LogP contribution < -0.4 is 5.32 Å². The highest BCUT2D eigenvalue weighted by Gasteiger charge is 2.22. The zero-order valence-electron chi connectivity index (χ0n) is 11.4. The Hall–Kier alpha value is -0.610. The van der Waals surface area contributed by atoms with E-state index in [2.05, 4.69) is 5.32 Å². The van der Waals surface area contributed by atoms with Gasteiger partial charge in [-0.05, 0) is 53.0 Å². The summed E-state index contributed by atoms with van der Waals surface area (Å²) in [6, 6.07) is -0.239. The molecular weight excluding hydrogens is 218 g/mol. The number of carbonyl (C=O) groups excluding carboxylic acids is 1. The average Bonchev–Trinajstić information content (AvgIpc) is 2.67. The van der Waals surface area contributed by atoms with Crippen LogP contribution in [0.15, 0.2) is 0 Å². The van der Waals surface area contributed by atoms with Gasteiger partial charge in [0.1, 0.15) is 11.6 Å². The number of carbonyl (C=O) groups is 1. The molecule has 1 heterocycles. The molecule has 1 aliphatic rings. The van der Waals surface area contributed by atoms with Gasteiger partial charge in [0.15, 0.2) is 0 Å². The van der Waals surface area contributed by atoms with Crippen molar-refractivity contribution in [3.05, 3.63) is 0 Å². The summed E-state index contributed by atoms with van der Waals surface area (Å²) in [6.07, 6.45) is 2.20. The van der Waals surface area contributed by atoms with E-state index < -0.39 is 5.60 Å². The molecule has 100 valence electrons. The van der Waals surface area contributed by atoms with Crippen LogP contribution in [0.5, 0.6) is 0 Å². The van der Waals surface area contributed by atoms with Crippen LogP contribution in [0.3, 0.4) is 0 Å². The van der Waals surface area contributed by atoms with Gasteiger partial charge in [-0.1, -0.05) is 0 Å². The number of esters is 1. The van der Waals surface area contributed by atoms with Crippen molar-refractivity contribution < 1.29 is 14.3 Å². The molecule has 0 aromatic heterocycles.